The van der Waals surface area contributed by atoms with Gasteiger partial charge in [-0.1, -0.05) is 30.3 Å². The van der Waals surface area contributed by atoms with E-state index in [4.69, 9.17) is 10.4 Å². The van der Waals surface area contributed by atoms with Crippen LogP contribution in [0.15, 0.2) is 30.3 Å². The van der Waals surface area contributed by atoms with E-state index >= 15 is 0 Å². The first-order chi connectivity index (χ1) is 5.86. The zero-order valence-electron chi connectivity index (χ0n) is 6.77. The molecule has 0 spiro atoms. The summed E-state index contributed by atoms with van der Waals surface area (Å²) in [7, 11) is 0. The minimum Gasteiger partial charge on any atom is -0.395 e. The van der Waals surface area contributed by atoms with E-state index in [1.165, 1.54) is 0 Å². The van der Waals surface area contributed by atoms with Gasteiger partial charge < -0.3 is 5.11 Å². The second-order valence-electron chi connectivity index (χ2n) is 2.70. The normalized spacial score (nSPS) is 12.0. The molecule has 12 heavy (non-hydrogen) atoms. The van der Waals surface area contributed by atoms with Crippen molar-refractivity contribution in [1.29, 1.82) is 5.26 Å². The number of benzene rings is 1. The average Bonchev–Trinajstić information content (AvgIpc) is 2.16. The van der Waals surface area contributed by atoms with Gasteiger partial charge in [0, 0.05) is 0 Å². The van der Waals surface area contributed by atoms with Gasteiger partial charge in [0.25, 0.3) is 0 Å². The second-order valence-corrected chi connectivity index (χ2v) is 2.70. The molecule has 1 aromatic carbocycles. The first-order valence-electron chi connectivity index (χ1n) is 3.91. The minimum atomic E-state index is -0.271. The van der Waals surface area contributed by atoms with Crippen LogP contribution in [-0.4, -0.2) is 11.7 Å². The molecule has 0 aliphatic heterocycles. The van der Waals surface area contributed by atoms with Crippen LogP contribution >= 0.6 is 0 Å². The molecule has 0 heterocycles. The van der Waals surface area contributed by atoms with E-state index in [0.717, 1.165) is 5.56 Å². The lowest BCUT2D eigenvalue weighted by Gasteiger charge is -2.03. The van der Waals surface area contributed by atoms with Crippen molar-refractivity contribution in [3.63, 3.8) is 0 Å². The van der Waals surface area contributed by atoms with Crippen LogP contribution in [0.25, 0.3) is 0 Å². The van der Waals surface area contributed by atoms with Gasteiger partial charge in [-0.2, -0.15) is 5.26 Å². The number of hydrogen-bond acceptors (Lipinski definition) is 2. The van der Waals surface area contributed by atoms with E-state index in [1.54, 1.807) is 0 Å². The molecule has 0 aliphatic carbocycles. The lowest BCUT2D eigenvalue weighted by atomic mass is 10.0. The molecule has 62 valence electrons. The lowest BCUT2D eigenvalue weighted by molar-refractivity contribution is 0.255. The van der Waals surface area contributed by atoms with Gasteiger partial charge in [-0.3, -0.25) is 0 Å². The van der Waals surface area contributed by atoms with Crippen molar-refractivity contribution in [2.75, 3.05) is 6.61 Å². The Labute approximate surface area is 72.1 Å². The van der Waals surface area contributed by atoms with E-state index < -0.39 is 0 Å². The second kappa shape index (κ2) is 4.53. The SMILES string of the molecule is N#CC(CO)Cc1ccccc1. The fourth-order valence-electron chi connectivity index (χ4n) is 1.05. The summed E-state index contributed by atoms with van der Waals surface area (Å²) in [5.41, 5.74) is 1.10. The van der Waals surface area contributed by atoms with Crippen LogP contribution in [-0.2, 0) is 6.42 Å². The van der Waals surface area contributed by atoms with Gasteiger partial charge in [0.15, 0.2) is 0 Å². The van der Waals surface area contributed by atoms with Crippen LogP contribution < -0.4 is 0 Å². The quantitative estimate of drug-likeness (QED) is 0.727. The third-order valence-electron chi connectivity index (χ3n) is 1.73. The highest BCUT2D eigenvalue weighted by Gasteiger charge is 2.05. The Balaban J connectivity index is 2.58. The minimum absolute atomic E-state index is 0.0641. The number of aliphatic hydroxyl groups is 1. The number of rotatable bonds is 3. The van der Waals surface area contributed by atoms with Gasteiger partial charge in [0.05, 0.1) is 18.6 Å². The Morgan fingerprint density at radius 3 is 2.50 bits per heavy atom. The van der Waals surface area contributed by atoms with Gasteiger partial charge in [-0.15, -0.1) is 0 Å². The zero-order chi connectivity index (χ0) is 8.81. The number of aliphatic hydroxyl groups excluding tert-OH is 1. The summed E-state index contributed by atoms with van der Waals surface area (Å²) in [5, 5.41) is 17.3. The van der Waals surface area contributed by atoms with Crippen molar-refractivity contribution in [3.05, 3.63) is 35.9 Å². The molecule has 0 bridgehead atoms. The molecule has 0 aromatic heterocycles. The lowest BCUT2D eigenvalue weighted by Crippen LogP contribution is -2.06. The Morgan fingerprint density at radius 1 is 1.33 bits per heavy atom. The summed E-state index contributed by atoms with van der Waals surface area (Å²) in [6, 6.07) is 11.8. The summed E-state index contributed by atoms with van der Waals surface area (Å²) >= 11 is 0. The molecular weight excluding hydrogens is 150 g/mol. The van der Waals surface area contributed by atoms with Crippen molar-refractivity contribution < 1.29 is 5.11 Å². The molecule has 0 saturated carbocycles. The largest absolute Gasteiger partial charge is 0.395 e. The van der Waals surface area contributed by atoms with Gasteiger partial charge in [0.1, 0.15) is 0 Å². The predicted octanol–water partition coefficient (Wildman–Crippen LogP) is 1.36. The first-order valence-corrected chi connectivity index (χ1v) is 3.91. The van der Waals surface area contributed by atoms with Crippen LogP contribution in [0.5, 0.6) is 0 Å². The maximum atomic E-state index is 8.76. The molecule has 1 atom stereocenters. The Hall–Kier alpha value is -1.33. The zero-order valence-corrected chi connectivity index (χ0v) is 6.77. The summed E-state index contributed by atoms with van der Waals surface area (Å²) in [6.45, 7) is -0.0641. The number of nitriles is 1. The van der Waals surface area contributed by atoms with Crippen LogP contribution in [0.3, 0.4) is 0 Å². The average molecular weight is 161 g/mol. The van der Waals surface area contributed by atoms with Crippen molar-refractivity contribution in [2.24, 2.45) is 5.92 Å². The number of nitrogens with zero attached hydrogens (tertiary/aromatic N) is 1. The van der Waals surface area contributed by atoms with E-state index in [9.17, 15) is 0 Å². The highest BCUT2D eigenvalue weighted by atomic mass is 16.3. The van der Waals surface area contributed by atoms with Gasteiger partial charge in [-0.05, 0) is 12.0 Å². The summed E-state index contributed by atoms with van der Waals surface area (Å²) in [4.78, 5) is 0. The molecular formula is C10H11NO. The van der Waals surface area contributed by atoms with Crippen LogP contribution in [0.4, 0.5) is 0 Å². The van der Waals surface area contributed by atoms with Crippen LogP contribution in [0, 0.1) is 17.2 Å². The predicted molar refractivity (Wildman–Crippen MR) is 46.3 cm³/mol. The monoisotopic (exact) mass is 161 g/mol. The van der Waals surface area contributed by atoms with Gasteiger partial charge >= 0.3 is 0 Å². The molecule has 1 unspecified atom stereocenters. The summed E-state index contributed by atoms with van der Waals surface area (Å²) in [5.74, 6) is -0.271. The molecule has 1 N–H and O–H groups in total. The highest BCUT2D eigenvalue weighted by molar-refractivity contribution is 5.16. The fourth-order valence-corrected chi connectivity index (χ4v) is 1.05. The van der Waals surface area contributed by atoms with Crippen molar-refractivity contribution in [2.45, 2.75) is 6.42 Å². The Morgan fingerprint density at radius 2 is 2.00 bits per heavy atom. The van der Waals surface area contributed by atoms with Crippen molar-refractivity contribution in [3.8, 4) is 6.07 Å². The van der Waals surface area contributed by atoms with Crippen molar-refractivity contribution in [1.82, 2.24) is 0 Å². The molecule has 1 aromatic rings. The number of hydrogen-bond donors (Lipinski definition) is 1. The standard InChI is InChI=1S/C10H11NO/c11-7-10(8-12)6-9-4-2-1-3-5-9/h1-5,10,12H,6,8H2. The fraction of sp³-hybridized carbons (Fsp3) is 0.300. The third kappa shape index (κ3) is 2.37. The molecule has 0 radical (unpaired) electrons. The molecule has 0 aliphatic rings. The molecule has 0 saturated heterocycles. The van der Waals surface area contributed by atoms with E-state index in [1.807, 2.05) is 30.3 Å². The van der Waals surface area contributed by atoms with E-state index in [2.05, 4.69) is 6.07 Å². The summed E-state index contributed by atoms with van der Waals surface area (Å²) in [6.07, 6.45) is 0.633. The van der Waals surface area contributed by atoms with E-state index in [0.29, 0.717) is 6.42 Å². The topological polar surface area (TPSA) is 44.0 Å². The molecule has 0 amide bonds. The highest BCUT2D eigenvalue weighted by Crippen LogP contribution is 2.06. The maximum Gasteiger partial charge on any atom is 0.0734 e. The Bertz CT molecular complexity index is 263. The van der Waals surface area contributed by atoms with Gasteiger partial charge in [0.2, 0.25) is 0 Å². The summed E-state index contributed by atoms with van der Waals surface area (Å²) < 4.78 is 0. The van der Waals surface area contributed by atoms with Gasteiger partial charge in [-0.25, -0.2) is 0 Å². The van der Waals surface area contributed by atoms with Crippen LogP contribution in [0.2, 0.25) is 0 Å². The van der Waals surface area contributed by atoms with E-state index in [-0.39, 0.29) is 12.5 Å². The third-order valence-corrected chi connectivity index (χ3v) is 1.73. The smallest absolute Gasteiger partial charge is 0.0734 e. The molecule has 2 heteroatoms. The Kier molecular flexibility index (Phi) is 3.31. The molecule has 2 nitrogen and oxygen atoms in total. The first kappa shape index (κ1) is 8.76. The maximum absolute atomic E-state index is 8.76. The van der Waals surface area contributed by atoms with Crippen molar-refractivity contribution >= 4 is 0 Å². The van der Waals surface area contributed by atoms with Crippen LogP contribution in [0.1, 0.15) is 5.56 Å². The molecule has 0 fully saturated rings. The molecule has 1 rings (SSSR count).